The van der Waals surface area contributed by atoms with Gasteiger partial charge in [-0.2, -0.15) is 0 Å². The molecule has 2 aromatic rings. The Kier molecular flexibility index (Phi) is 4.69. The van der Waals surface area contributed by atoms with E-state index in [0.29, 0.717) is 15.6 Å². The van der Waals surface area contributed by atoms with E-state index in [1.54, 1.807) is 18.2 Å². The summed E-state index contributed by atoms with van der Waals surface area (Å²) < 4.78 is 0. The highest BCUT2D eigenvalue weighted by Crippen LogP contribution is 2.29. The predicted molar refractivity (Wildman–Crippen MR) is 85.1 cm³/mol. The first-order valence-electron chi connectivity index (χ1n) is 6.28. The zero-order chi connectivity index (χ0) is 14.7. The molecule has 0 aliphatic heterocycles. The highest BCUT2D eigenvalue weighted by molar-refractivity contribution is 6.33. The van der Waals surface area contributed by atoms with Crippen molar-refractivity contribution in [1.29, 1.82) is 0 Å². The lowest BCUT2D eigenvalue weighted by molar-refractivity contribution is 0.112. The number of halogens is 2. The van der Waals surface area contributed by atoms with Gasteiger partial charge < -0.3 is 5.32 Å². The van der Waals surface area contributed by atoms with E-state index < -0.39 is 0 Å². The summed E-state index contributed by atoms with van der Waals surface area (Å²) in [7, 11) is 0. The number of benzene rings is 2. The molecule has 0 radical (unpaired) electrons. The standard InChI is InChI=1S/C16H15Cl2NO/c1-10-7-12(9-20)3-6-16(10)19-11(2)14-8-13(17)4-5-15(14)18/h3-9,11,19H,1-2H3/t11-/m0/s1. The van der Waals surface area contributed by atoms with Gasteiger partial charge in [0.2, 0.25) is 0 Å². The average Bonchev–Trinajstić information content (AvgIpc) is 2.43. The zero-order valence-corrected chi connectivity index (χ0v) is 12.8. The van der Waals surface area contributed by atoms with Crippen LogP contribution >= 0.6 is 23.2 Å². The summed E-state index contributed by atoms with van der Waals surface area (Å²) in [6.45, 7) is 3.98. The molecule has 0 fully saturated rings. The number of anilines is 1. The van der Waals surface area contributed by atoms with Crippen LogP contribution in [-0.2, 0) is 0 Å². The SMILES string of the molecule is Cc1cc(C=O)ccc1N[C@@H](C)c1cc(Cl)ccc1Cl. The van der Waals surface area contributed by atoms with Gasteiger partial charge in [0, 0.05) is 21.3 Å². The maximum atomic E-state index is 10.7. The van der Waals surface area contributed by atoms with E-state index in [9.17, 15) is 4.79 Å². The van der Waals surface area contributed by atoms with Crippen LogP contribution in [-0.4, -0.2) is 6.29 Å². The summed E-state index contributed by atoms with van der Waals surface area (Å²) in [5, 5.41) is 4.72. The monoisotopic (exact) mass is 307 g/mol. The lowest BCUT2D eigenvalue weighted by atomic mass is 10.1. The minimum Gasteiger partial charge on any atom is -0.378 e. The molecule has 0 unspecified atom stereocenters. The third-order valence-corrected chi connectivity index (χ3v) is 3.76. The first-order valence-corrected chi connectivity index (χ1v) is 7.04. The van der Waals surface area contributed by atoms with Crippen molar-refractivity contribution in [3.63, 3.8) is 0 Å². The van der Waals surface area contributed by atoms with Gasteiger partial charge in [0.1, 0.15) is 6.29 Å². The molecule has 2 nitrogen and oxygen atoms in total. The summed E-state index contributed by atoms with van der Waals surface area (Å²) >= 11 is 12.2. The van der Waals surface area contributed by atoms with Crippen LogP contribution in [0.15, 0.2) is 36.4 Å². The summed E-state index contributed by atoms with van der Waals surface area (Å²) in [6.07, 6.45) is 0.841. The van der Waals surface area contributed by atoms with Gasteiger partial charge in [-0.15, -0.1) is 0 Å². The molecule has 20 heavy (non-hydrogen) atoms. The molecule has 0 saturated carbocycles. The van der Waals surface area contributed by atoms with Gasteiger partial charge in [-0.3, -0.25) is 4.79 Å². The fourth-order valence-corrected chi connectivity index (χ4v) is 2.54. The summed E-state index contributed by atoms with van der Waals surface area (Å²) in [5.41, 5.74) is 3.60. The highest BCUT2D eigenvalue weighted by Gasteiger charge is 2.11. The molecule has 1 atom stereocenters. The molecule has 0 spiro atoms. The van der Waals surface area contributed by atoms with Crippen molar-refractivity contribution in [3.05, 3.63) is 63.1 Å². The van der Waals surface area contributed by atoms with E-state index >= 15 is 0 Å². The van der Waals surface area contributed by atoms with Crippen molar-refractivity contribution in [2.75, 3.05) is 5.32 Å². The van der Waals surface area contributed by atoms with E-state index in [4.69, 9.17) is 23.2 Å². The van der Waals surface area contributed by atoms with Crippen molar-refractivity contribution >= 4 is 35.2 Å². The Morgan fingerprint density at radius 3 is 2.55 bits per heavy atom. The molecule has 0 saturated heterocycles. The maximum Gasteiger partial charge on any atom is 0.150 e. The van der Waals surface area contributed by atoms with E-state index in [1.165, 1.54) is 0 Å². The Balaban J connectivity index is 2.25. The lowest BCUT2D eigenvalue weighted by Crippen LogP contribution is -2.08. The van der Waals surface area contributed by atoms with E-state index in [1.807, 2.05) is 32.0 Å². The number of hydrogen-bond acceptors (Lipinski definition) is 2. The Morgan fingerprint density at radius 2 is 1.90 bits per heavy atom. The Hall–Kier alpha value is -1.51. The molecule has 4 heteroatoms. The molecule has 0 aliphatic carbocycles. The lowest BCUT2D eigenvalue weighted by Gasteiger charge is -2.19. The predicted octanol–water partition coefficient (Wildman–Crippen LogP) is 5.29. The maximum absolute atomic E-state index is 10.7. The molecule has 0 aliphatic rings. The minimum absolute atomic E-state index is 0.0157. The summed E-state index contributed by atoms with van der Waals surface area (Å²) in [6, 6.07) is 11.0. The number of carbonyl (C=O) groups is 1. The van der Waals surface area contributed by atoms with Gasteiger partial charge in [0.25, 0.3) is 0 Å². The van der Waals surface area contributed by atoms with E-state index in [2.05, 4.69) is 5.32 Å². The van der Waals surface area contributed by atoms with Crippen LogP contribution in [0.5, 0.6) is 0 Å². The third-order valence-electron chi connectivity index (χ3n) is 3.18. The average molecular weight is 308 g/mol. The second kappa shape index (κ2) is 6.29. The molecule has 1 N–H and O–H groups in total. The van der Waals surface area contributed by atoms with Crippen LogP contribution in [0.25, 0.3) is 0 Å². The topological polar surface area (TPSA) is 29.1 Å². The molecular formula is C16H15Cl2NO. The number of rotatable bonds is 4. The molecule has 0 heterocycles. The number of aldehydes is 1. The van der Waals surface area contributed by atoms with Crippen LogP contribution in [0.1, 0.15) is 34.5 Å². The van der Waals surface area contributed by atoms with Gasteiger partial charge in [-0.05, 0) is 61.4 Å². The zero-order valence-electron chi connectivity index (χ0n) is 11.3. The number of carbonyl (C=O) groups excluding carboxylic acids is 1. The number of nitrogens with one attached hydrogen (secondary N) is 1. The summed E-state index contributed by atoms with van der Waals surface area (Å²) in [5.74, 6) is 0. The first kappa shape index (κ1) is 14.9. The Bertz CT molecular complexity index is 640. The van der Waals surface area contributed by atoms with Gasteiger partial charge in [0.15, 0.2) is 0 Å². The number of hydrogen-bond donors (Lipinski definition) is 1. The number of aryl methyl sites for hydroxylation is 1. The van der Waals surface area contributed by atoms with Crippen LogP contribution in [0.4, 0.5) is 5.69 Å². The van der Waals surface area contributed by atoms with Crippen molar-refractivity contribution < 1.29 is 4.79 Å². The fraction of sp³-hybridized carbons (Fsp3) is 0.188. The summed E-state index contributed by atoms with van der Waals surface area (Å²) in [4.78, 5) is 10.7. The van der Waals surface area contributed by atoms with Crippen LogP contribution in [0.2, 0.25) is 10.0 Å². The van der Waals surface area contributed by atoms with Gasteiger partial charge in [0.05, 0.1) is 6.04 Å². The molecule has 104 valence electrons. The first-order chi connectivity index (χ1) is 9.51. The van der Waals surface area contributed by atoms with Crippen LogP contribution in [0.3, 0.4) is 0 Å². The van der Waals surface area contributed by atoms with Gasteiger partial charge in [-0.1, -0.05) is 23.2 Å². The van der Waals surface area contributed by atoms with Gasteiger partial charge in [-0.25, -0.2) is 0 Å². The van der Waals surface area contributed by atoms with E-state index in [-0.39, 0.29) is 6.04 Å². The van der Waals surface area contributed by atoms with Crippen molar-refractivity contribution in [3.8, 4) is 0 Å². The second-order valence-corrected chi connectivity index (χ2v) is 5.57. The largest absolute Gasteiger partial charge is 0.378 e. The Labute approximate surface area is 128 Å². The molecule has 2 rings (SSSR count). The van der Waals surface area contributed by atoms with Crippen LogP contribution < -0.4 is 5.32 Å². The molecule has 2 aromatic carbocycles. The van der Waals surface area contributed by atoms with Crippen molar-refractivity contribution in [1.82, 2.24) is 0 Å². The molecule has 0 bridgehead atoms. The van der Waals surface area contributed by atoms with Crippen molar-refractivity contribution in [2.24, 2.45) is 0 Å². The van der Waals surface area contributed by atoms with Gasteiger partial charge >= 0.3 is 0 Å². The highest BCUT2D eigenvalue weighted by atomic mass is 35.5. The quantitative estimate of drug-likeness (QED) is 0.778. The van der Waals surface area contributed by atoms with Crippen LogP contribution in [0, 0.1) is 6.92 Å². The minimum atomic E-state index is 0.0157. The fourth-order valence-electron chi connectivity index (χ4n) is 2.08. The van der Waals surface area contributed by atoms with E-state index in [0.717, 1.165) is 23.1 Å². The normalized spacial score (nSPS) is 12.0. The molecular weight excluding hydrogens is 293 g/mol. The molecule has 0 amide bonds. The second-order valence-electron chi connectivity index (χ2n) is 4.72. The smallest absolute Gasteiger partial charge is 0.150 e. The van der Waals surface area contributed by atoms with Crippen molar-refractivity contribution in [2.45, 2.75) is 19.9 Å². The molecule has 0 aromatic heterocycles. The Morgan fingerprint density at radius 1 is 1.15 bits per heavy atom. The third kappa shape index (κ3) is 3.33.